The first-order valence-electron chi connectivity index (χ1n) is 6.49. The minimum Gasteiger partial charge on any atom is -0.444 e. The third-order valence-corrected chi connectivity index (χ3v) is 3.19. The van der Waals surface area contributed by atoms with Crippen molar-refractivity contribution >= 4 is 18.0 Å². The van der Waals surface area contributed by atoms with Gasteiger partial charge in [0, 0.05) is 19.3 Å². The maximum Gasteiger partial charge on any atom is 0.410 e. The predicted molar refractivity (Wildman–Crippen MR) is 70.7 cm³/mol. The average molecular weight is 281 g/mol. The lowest BCUT2D eigenvalue weighted by molar-refractivity contribution is -0.127. The number of hydrogen-bond acceptors (Lipinski definition) is 4. The van der Waals surface area contributed by atoms with Gasteiger partial charge in [0.2, 0.25) is 0 Å². The standard InChI is InChI=1S/C13H19N3O4/c1-5-15-10(17)9-8-14(6-7-16(9)11(15)18)12(19)20-13(2,3)4/h5,9H,1,6-8H2,2-4H3/t9-/m0/s1. The van der Waals surface area contributed by atoms with Crippen LogP contribution in [0.15, 0.2) is 12.8 Å². The molecule has 0 aromatic carbocycles. The first-order valence-corrected chi connectivity index (χ1v) is 6.49. The zero-order valence-corrected chi connectivity index (χ0v) is 12.0. The van der Waals surface area contributed by atoms with Crippen LogP contribution in [0.2, 0.25) is 0 Å². The van der Waals surface area contributed by atoms with Crippen molar-refractivity contribution in [2.24, 2.45) is 0 Å². The average Bonchev–Trinajstić information content (AvgIpc) is 2.59. The Hall–Kier alpha value is -2.05. The number of rotatable bonds is 1. The fourth-order valence-corrected chi connectivity index (χ4v) is 2.28. The topological polar surface area (TPSA) is 70.2 Å². The van der Waals surface area contributed by atoms with Gasteiger partial charge in [-0.25, -0.2) is 14.5 Å². The number of fused-ring (bicyclic) bond motifs is 1. The van der Waals surface area contributed by atoms with Gasteiger partial charge in [-0.3, -0.25) is 4.79 Å². The lowest BCUT2D eigenvalue weighted by atomic mass is 10.2. The van der Waals surface area contributed by atoms with E-state index in [1.807, 2.05) is 0 Å². The van der Waals surface area contributed by atoms with Crippen LogP contribution in [0.5, 0.6) is 0 Å². The number of carbonyl (C=O) groups excluding carboxylic acids is 3. The van der Waals surface area contributed by atoms with Crippen LogP contribution in [0.25, 0.3) is 0 Å². The van der Waals surface area contributed by atoms with Gasteiger partial charge in [0.15, 0.2) is 0 Å². The van der Waals surface area contributed by atoms with Crippen molar-refractivity contribution < 1.29 is 19.1 Å². The van der Waals surface area contributed by atoms with Crippen molar-refractivity contribution in [2.45, 2.75) is 32.4 Å². The Morgan fingerprint density at radius 1 is 1.35 bits per heavy atom. The van der Waals surface area contributed by atoms with E-state index in [4.69, 9.17) is 4.74 Å². The van der Waals surface area contributed by atoms with E-state index in [-0.39, 0.29) is 18.5 Å². The molecule has 2 rings (SSSR count). The molecule has 2 fully saturated rings. The molecule has 0 N–H and O–H groups in total. The lowest BCUT2D eigenvalue weighted by Crippen LogP contribution is -2.55. The molecule has 4 amide bonds. The van der Waals surface area contributed by atoms with Crippen LogP contribution in [0.4, 0.5) is 9.59 Å². The molecule has 0 saturated carbocycles. The molecule has 7 nitrogen and oxygen atoms in total. The minimum atomic E-state index is -0.637. The molecule has 0 aliphatic carbocycles. The number of imide groups is 1. The van der Waals surface area contributed by atoms with Gasteiger partial charge in [-0.05, 0) is 20.8 Å². The van der Waals surface area contributed by atoms with Crippen molar-refractivity contribution in [2.75, 3.05) is 19.6 Å². The second-order valence-electron chi connectivity index (χ2n) is 5.81. The van der Waals surface area contributed by atoms with Crippen LogP contribution in [0, 0.1) is 0 Å². The highest BCUT2D eigenvalue weighted by molar-refractivity contribution is 6.05. The van der Waals surface area contributed by atoms with Crippen LogP contribution >= 0.6 is 0 Å². The summed E-state index contributed by atoms with van der Waals surface area (Å²) in [7, 11) is 0. The maximum absolute atomic E-state index is 12.0. The zero-order chi connectivity index (χ0) is 15.1. The molecule has 2 heterocycles. The number of amides is 4. The molecule has 0 aromatic heterocycles. The fourth-order valence-electron chi connectivity index (χ4n) is 2.28. The van der Waals surface area contributed by atoms with E-state index >= 15 is 0 Å². The molecular formula is C13H19N3O4. The third-order valence-electron chi connectivity index (χ3n) is 3.19. The summed E-state index contributed by atoms with van der Waals surface area (Å²) in [6.45, 7) is 9.64. The molecule has 20 heavy (non-hydrogen) atoms. The molecule has 0 bridgehead atoms. The molecule has 0 spiro atoms. The first kappa shape index (κ1) is 14.4. The van der Waals surface area contributed by atoms with Crippen LogP contribution in [-0.2, 0) is 9.53 Å². The molecular weight excluding hydrogens is 262 g/mol. The number of ether oxygens (including phenoxy) is 1. The normalized spacial score (nSPS) is 22.9. The summed E-state index contributed by atoms with van der Waals surface area (Å²) in [5.74, 6) is -0.349. The van der Waals surface area contributed by atoms with Gasteiger partial charge in [0.05, 0.1) is 6.54 Å². The second-order valence-corrected chi connectivity index (χ2v) is 5.81. The molecule has 2 aliphatic rings. The van der Waals surface area contributed by atoms with Crippen molar-refractivity contribution in [3.8, 4) is 0 Å². The molecule has 0 unspecified atom stereocenters. The third kappa shape index (κ3) is 2.48. The predicted octanol–water partition coefficient (Wildman–Crippen LogP) is 1.01. The lowest BCUT2D eigenvalue weighted by Gasteiger charge is -2.36. The molecule has 2 aliphatic heterocycles. The van der Waals surface area contributed by atoms with Crippen molar-refractivity contribution in [3.63, 3.8) is 0 Å². The summed E-state index contributed by atoms with van der Waals surface area (Å²) in [6, 6.07) is -1.01. The summed E-state index contributed by atoms with van der Waals surface area (Å²) in [6.07, 6.45) is 0.746. The largest absolute Gasteiger partial charge is 0.444 e. The van der Waals surface area contributed by atoms with E-state index in [1.54, 1.807) is 20.8 Å². The van der Waals surface area contributed by atoms with Crippen molar-refractivity contribution in [1.82, 2.24) is 14.7 Å². The summed E-state index contributed by atoms with van der Waals surface area (Å²) in [5.41, 5.74) is -0.586. The Kier molecular flexibility index (Phi) is 3.45. The van der Waals surface area contributed by atoms with Gasteiger partial charge in [0.25, 0.3) is 5.91 Å². The summed E-state index contributed by atoms with van der Waals surface area (Å²) >= 11 is 0. The Labute approximate surface area is 117 Å². The number of piperazine rings is 1. The van der Waals surface area contributed by atoms with E-state index in [0.29, 0.717) is 13.1 Å². The highest BCUT2D eigenvalue weighted by Crippen LogP contribution is 2.23. The van der Waals surface area contributed by atoms with E-state index in [1.165, 1.54) is 16.0 Å². The van der Waals surface area contributed by atoms with Crippen molar-refractivity contribution in [3.05, 3.63) is 12.8 Å². The molecule has 1 atom stereocenters. The Balaban J connectivity index is 2.08. The van der Waals surface area contributed by atoms with Crippen LogP contribution in [0.3, 0.4) is 0 Å². The van der Waals surface area contributed by atoms with Gasteiger partial charge < -0.3 is 14.5 Å². The van der Waals surface area contributed by atoms with Gasteiger partial charge in [-0.1, -0.05) is 6.58 Å². The second kappa shape index (κ2) is 4.81. The van der Waals surface area contributed by atoms with Crippen LogP contribution < -0.4 is 0 Å². The highest BCUT2D eigenvalue weighted by Gasteiger charge is 2.47. The van der Waals surface area contributed by atoms with E-state index in [9.17, 15) is 14.4 Å². The quantitative estimate of drug-likeness (QED) is 0.673. The first-order chi connectivity index (χ1) is 9.24. The van der Waals surface area contributed by atoms with Crippen LogP contribution in [0.1, 0.15) is 20.8 Å². The number of hydrogen-bond donors (Lipinski definition) is 0. The SMILES string of the molecule is C=CN1C(=O)[C@@H]2CN(C(=O)OC(C)(C)C)CCN2C1=O. The summed E-state index contributed by atoms with van der Waals surface area (Å²) in [4.78, 5) is 39.9. The molecule has 0 aromatic rings. The fraction of sp³-hybridized carbons (Fsp3) is 0.615. The Bertz CT molecular complexity index is 469. The van der Waals surface area contributed by atoms with Crippen molar-refractivity contribution in [1.29, 1.82) is 0 Å². The number of nitrogens with zero attached hydrogens (tertiary/aromatic N) is 3. The monoisotopic (exact) mass is 281 g/mol. The summed E-state index contributed by atoms with van der Waals surface area (Å²) in [5, 5.41) is 0. The van der Waals surface area contributed by atoms with Gasteiger partial charge in [0.1, 0.15) is 11.6 Å². The van der Waals surface area contributed by atoms with Gasteiger partial charge in [-0.15, -0.1) is 0 Å². The minimum absolute atomic E-state index is 0.157. The molecule has 2 saturated heterocycles. The highest BCUT2D eigenvalue weighted by atomic mass is 16.6. The molecule has 7 heteroatoms. The summed E-state index contributed by atoms with van der Waals surface area (Å²) < 4.78 is 5.28. The smallest absolute Gasteiger partial charge is 0.410 e. The number of carbonyl (C=O) groups is 3. The van der Waals surface area contributed by atoms with Gasteiger partial charge >= 0.3 is 12.1 Å². The van der Waals surface area contributed by atoms with E-state index < -0.39 is 17.7 Å². The Morgan fingerprint density at radius 2 is 2.00 bits per heavy atom. The zero-order valence-electron chi connectivity index (χ0n) is 12.0. The van der Waals surface area contributed by atoms with E-state index in [2.05, 4.69) is 6.58 Å². The van der Waals surface area contributed by atoms with Crippen LogP contribution in [-0.4, -0.2) is 64.0 Å². The van der Waals surface area contributed by atoms with Gasteiger partial charge in [-0.2, -0.15) is 0 Å². The molecule has 110 valence electrons. The van der Waals surface area contributed by atoms with E-state index in [0.717, 1.165) is 4.90 Å². The maximum atomic E-state index is 12.0. The Morgan fingerprint density at radius 3 is 2.55 bits per heavy atom. The molecule has 0 radical (unpaired) electrons. The number of urea groups is 1.